The monoisotopic (exact) mass is 847 g/mol. The first-order valence-electron chi connectivity index (χ1n) is 15.8. The van der Waals surface area contributed by atoms with Gasteiger partial charge in [-0.2, -0.15) is 0 Å². The van der Waals surface area contributed by atoms with Crippen molar-refractivity contribution in [3.05, 3.63) is 108 Å². The molecule has 0 aliphatic rings. The van der Waals surface area contributed by atoms with Crippen molar-refractivity contribution in [2.45, 2.75) is 57.9 Å². The van der Waals surface area contributed by atoms with Crippen LogP contribution in [0.2, 0.25) is 17.3 Å². The van der Waals surface area contributed by atoms with Gasteiger partial charge in [-0.25, -0.2) is 4.98 Å². The molecule has 0 aliphatic carbocycles. The van der Waals surface area contributed by atoms with Gasteiger partial charge in [0.1, 0.15) is 0 Å². The minimum Gasteiger partial charge on any atom is -0.486 e. The number of aryl methyl sites for hydroxylation is 2. The third kappa shape index (κ3) is 6.90. The third-order valence-corrected chi connectivity index (χ3v) is 12.4. The molecule has 0 bridgehead atoms. The standard InChI is InChI=1S/C21H16N3O.C18H24GeN.Ir/c1-3-24-18-10-5-4-9-17(18)23-20(24)16-8-6-7-14-15-12-11-13(2)22-21(15)25-19(14)16;1-14(2)11-16-12-18(15-9-7-6-8-10-15)20-13-17(16)19(3,4)5;/h4-7,9-12H,3H2,1-2H3;6-9,12-14H,11H2,1-5H3;/q2*-1;. The first kappa shape index (κ1) is 33.8. The minimum atomic E-state index is -1.86. The Morgan fingerprint density at radius 3 is 2.39 bits per heavy atom. The van der Waals surface area contributed by atoms with E-state index in [4.69, 9.17) is 14.4 Å². The van der Waals surface area contributed by atoms with Crippen LogP contribution in [-0.2, 0) is 33.1 Å². The van der Waals surface area contributed by atoms with Crippen LogP contribution in [0.3, 0.4) is 0 Å². The molecule has 7 heteroatoms. The van der Waals surface area contributed by atoms with Gasteiger partial charge in [-0.05, 0) is 38.1 Å². The molecule has 0 amide bonds. The SMILES string of the molecule is CC(C)Cc1cc(-c2[c-]cccc2)nc[c]1[Ge]([CH3])([CH3])[CH3].CCn1c(-c2[c-]ccc3c2oc2nc(C)ccc23)nc2ccccc21.[Ir]. The number of benzene rings is 3. The summed E-state index contributed by atoms with van der Waals surface area (Å²) >= 11 is -1.86. The van der Waals surface area contributed by atoms with Crippen LogP contribution < -0.4 is 4.40 Å². The zero-order valence-corrected chi connectivity index (χ0v) is 32.1. The second kappa shape index (κ2) is 14.0. The van der Waals surface area contributed by atoms with E-state index >= 15 is 0 Å². The first-order chi connectivity index (χ1) is 21.6. The van der Waals surface area contributed by atoms with E-state index in [1.54, 1.807) is 4.40 Å². The molecule has 0 saturated carbocycles. The Labute approximate surface area is 288 Å². The van der Waals surface area contributed by atoms with E-state index in [9.17, 15) is 0 Å². The number of hydrogen-bond acceptors (Lipinski definition) is 4. The maximum absolute atomic E-state index is 6.12. The van der Waals surface area contributed by atoms with Crippen molar-refractivity contribution in [3.8, 4) is 22.6 Å². The topological polar surface area (TPSA) is 56.7 Å². The van der Waals surface area contributed by atoms with Gasteiger partial charge in [-0.3, -0.25) is 4.98 Å². The van der Waals surface area contributed by atoms with Gasteiger partial charge >= 0.3 is 126 Å². The molecule has 237 valence electrons. The van der Waals surface area contributed by atoms with Crippen LogP contribution in [0.15, 0.2) is 89.5 Å². The number of nitrogens with zero attached hydrogens (tertiary/aromatic N) is 4. The van der Waals surface area contributed by atoms with Crippen LogP contribution in [0, 0.1) is 25.0 Å². The molecular formula is C39H40GeIrN4O-2. The number of aromatic nitrogens is 4. The van der Waals surface area contributed by atoms with Crippen LogP contribution in [0.1, 0.15) is 32.0 Å². The fourth-order valence-corrected chi connectivity index (χ4v) is 9.28. The van der Waals surface area contributed by atoms with Crippen molar-refractivity contribution in [2.24, 2.45) is 5.92 Å². The average Bonchev–Trinajstić information content (AvgIpc) is 3.58. The number of pyridine rings is 2. The summed E-state index contributed by atoms with van der Waals surface area (Å²) in [7, 11) is 0. The number of furan rings is 1. The van der Waals surface area contributed by atoms with Crippen molar-refractivity contribution < 1.29 is 24.5 Å². The molecule has 7 aromatic rings. The van der Waals surface area contributed by atoms with Gasteiger partial charge in [0.2, 0.25) is 5.71 Å². The van der Waals surface area contributed by atoms with E-state index < -0.39 is 13.3 Å². The van der Waals surface area contributed by atoms with Crippen molar-refractivity contribution >= 4 is 50.8 Å². The van der Waals surface area contributed by atoms with Gasteiger partial charge in [0.15, 0.2) is 0 Å². The van der Waals surface area contributed by atoms with Crippen molar-refractivity contribution in [2.75, 3.05) is 0 Å². The Hall–Kier alpha value is -3.58. The van der Waals surface area contributed by atoms with Crippen LogP contribution in [-0.4, -0.2) is 32.8 Å². The molecule has 4 heterocycles. The van der Waals surface area contributed by atoms with E-state index in [-0.39, 0.29) is 20.1 Å². The van der Waals surface area contributed by atoms with Gasteiger partial charge in [-0.1, -0.05) is 23.1 Å². The number of imidazole rings is 1. The molecule has 4 aromatic heterocycles. The molecule has 0 atom stereocenters. The summed E-state index contributed by atoms with van der Waals surface area (Å²) in [4.78, 5) is 14.1. The predicted molar refractivity (Wildman–Crippen MR) is 190 cm³/mol. The molecule has 7 rings (SSSR count). The van der Waals surface area contributed by atoms with E-state index in [1.165, 1.54) is 5.56 Å². The second-order valence-electron chi connectivity index (χ2n) is 13.0. The molecule has 5 nitrogen and oxygen atoms in total. The predicted octanol–water partition coefficient (Wildman–Crippen LogP) is 9.42. The molecule has 0 saturated heterocycles. The Balaban J connectivity index is 0.000000182. The maximum Gasteiger partial charge on any atom is 0.216 e. The summed E-state index contributed by atoms with van der Waals surface area (Å²) < 4.78 is 9.86. The zero-order chi connectivity index (χ0) is 31.7. The summed E-state index contributed by atoms with van der Waals surface area (Å²) in [6.07, 6.45) is 3.27. The quantitative estimate of drug-likeness (QED) is 0.124. The zero-order valence-electron chi connectivity index (χ0n) is 27.6. The fraction of sp³-hybridized carbons (Fsp3) is 0.256. The second-order valence-corrected chi connectivity index (χ2v) is 23.6. The van der Waals surface area contributed by atoms with Crippen molar-refractivity contribution in [1.29, 1.82) is 0 Å². The summed E-state index contributed by atoms with van der Waals surface area (Å²) in [6.45, 7) is 9.50. The van der Waals surface area contributed by atoms with Crippen LogP contribution in [0.5, 0.6) is 0 Å². The Bertz CT molecular complexity index is 2110. The summed E-state index contributed by atoms with van der Waals surface area (Å²) in [5.74, 6) is 8.87. The molecule has 0 N–H and O–H groups in total. The molecule has 0 spiro atoms. The summed E-state index contributed by atoms with van der Waals surface area (Å²) in [6, 6.07) is 33.2. The number of hydrogen-bond donors (Lipinski definition) is 0. The largest absolute Gasteiger partial charge is 0.486 e. The Morgan fingerprint density at radius 2 is 1.67 bits per heavy atom. The van der Waals surface area contributed by atoms with Crippen molar-refractivity contribution in [3.63, 3.8) is 0 Å². The molecular weight excluding hydrogens is 805 g/mol. The van der Waals surface area contributed by atoms with Gasteiger partial charge in [-0.15, -0.1) is 18.2 Å². The normalized spacial score (nSPS) is 11.6. The van der Waals surface area contributed by atoms with Gasteiger partial charge in [0.25, 0.3) is 0 Å². The van der Waals surface area contributed by atoms with E-state index in [0.29, 0.717) is 11.6 Å². The third-order valence-electron chi connectivity index (χ3n) is 8.04. The van der Waals surface area contributed by atoms with Crippen LogP contribution in [0.4, 0.5) is 0 Å². The first-order valence-corrected chi connectivity index (χ1v) is 23.1. The average molecular weight is 846 g/mol. The molecule has 0 unspecified atom stereocenters. The van der Waals surface area contributed by atoms with Gasteiger partial charge < -0.3 is 8.98 Å². The number of para-hydroxylation sites is 2. The fourth-order valence-electron chi connectivity index (χ4n) is 5.95. The van der Waals surface area contributed by atoms with Gasteiger partial charge in [0, 0.05) is 37.7 Å². The van der Waals surface area contributed by atoms with Crippen LogP contribution >= 0.6 is 0 Å². The Morgan fingerprint density at radius 1 is 0.891 bits per heavy atom. The number of fused-ring (bicyclic) bond motifs is 4. The molecule has 46 heavy (non-hydrogen) atoms. The maximum atomic E-state index is 6.12. The van der Waals surface area contributed by atoms with Crippen molar-refractivity contribution in [1.82, 2.24) is 19.5 Å². The van der Waals surface area contributed by atoms with E-state index in [1.807, 2.05) is 61.5 Å². The van der Waals surface area contributed by atoms with E-state index in [2.05, 4.69) is 90.2 Å². The Kier molecular flexibility index (Phi) is 10.3. The van der Waals surface area contributed by atoms with E-state index in [0.717, 1.165) is 68.7 Å². The molecule has 1 radical (unpaired) electrons. The smallest absolute Gasteiger partial charge is 0.216 e. The number of rotatable bonds is 6. The summed E-state index contributed by atoms with van der Waals surface area (Å²) in [5, 5.41) is 2.07. The molecule has 0 aliphatic heterocycles. The minimum absolute atomic E-state index is 0. The van der Waals surface area contributed by atoms with Gasteiger partial charge in [0.05, 0.1) is 22.4 Å². The summed E-state index contributed by atoms with van der Waals surface area (Å²) in [5.41, 5.74) is 9.02. The van der Waals surface area contributed by atoms with Crippen LogP contribution in [0.25, 0.3) is 55.7 Å². The molecule has 3 aromatic carbocycles. The molecule has 0 fully saturated rings.